The second-order valence-corrected chi connectivity index (χ2v) is 4.96. The van der Waals surface area contributed by atoms with Crippen LogP contribution in [0.1, 0.15) is 25.7 Å². The number of aliphatic carboxylic acids is 6. The third-order valence-corrected chi connectivity index (χ3v) is 2.57. The molecule has 0 amide bonds. The molecule has 176 valence electrons. The predicted octanol–water partition coefficient (Wildman–Crippen LogP) is -2.50. The Labute approximate surface area is 192 Å². The van der Waals surface area contributed by atoms with Crippen LogP contribution in [-0.2, 0) is 78.8 Å². The molecule has 0 saturated heterocycles. The van der Waals surface area contributed by atoms with Crippen LogP contribution in [0.2, 0.25) is 0 Å². The van der Waals surface area contributed by atoms with Gasteiger partial charge < -0.3 is 40.9 Å². The average Bonchev–Trinajstić information content (AvgIpc) is 2.34. The van der Waals surface area contributed by atoms with E-state index in [1.807, 2.05) is 0 Å². The van der Waals surface area contributed by atoms with E-state index in [0.29, 0.717) is 0 Å². The van der Waals surface area contributed by atoms with E-state index in [-0.39, 0.29) is 50.0 Å². The van der Waals surface area contributed by atoms with Gasteiger partial charge in [0.2, 0.25) is 0 Å². The molecular weight excluding hydrogens is 545 g/mol. The van der Waals surface area contributed by atoms with Gasteiger partial charge in [-0.2, -0.15) is 0 Å². The molecule has 0 aliphatic heterocycles. The van der Waals surface area contributed by atoms with Crippen LogP contribution in [0, 0.1) is 0 Å². The van der Waals surface area contributed by atoms with Crippen molar-refractivity contribution in [2.45, 2.75) is 36.9 Å². The first kappa shape index (κ1) is 37.9. The summed E-state index contributed by atoms with van der Waals surface area (Å²) in [7, 11) is 0. The quantitative estimate of drug-likeness (QED) is 0.128. The van der Waals surface area contributed by atoms with Crippen LogP contribution in [0.15, 0.2) is 0 Å². The Kier molecular flexibility index (Phi) is 21.0. The zero-order chi connectivity index (χ0) is 21.3. The molecule has 0 unspecified atom stereocenters. The number of carboxylic acid groups (broad SMARTS) is 6. The SMILES string of the molecule is O=C(O)CC(O)(CC(=O)O)C(=O)O.O=C(O)CC(O)(CC(=O)O)C(=O)O.[Co].[Co].[Ni]. The first-order chi connectivity index (χ1) is 11.6. The van der Waals surface area contributed by atoms with Crippen LogP contribution >= 0.6 is 0 Å². The molecule has 0 fully saturated rings. The number of hydrogen-bond donors (Lipinski definition) is 8. The summed E-state index contributed by atoms with van der Waals surface area (Å²) in [4.78, 5) is 61.0. The van der Waals surface area contributed by atoms with Crippen LogP contribution in [-0.4, -0.2) is 87.9 Å². The fourth-order valence-electron chi connectivity index (χ4n) is 1.43. The molecule has 0 atom stereocenters. The third-order valence-electron chi connectivity index (χ3n) is 2.57. The molecule has 17 heteroatoms. The van der Waals surface area contributed by atoms with Crippen molar-refractivity contribution < 1.29 is 120 Å². The summed E-state index contributed by atoms with van der Waals surface area (Å²) in [6.45, 7) is 0. The van der Waals surface area contributed by atoms with E-state index < -0.39 is 72.7 Å². The van der Waals surface area contributed by atoms with E-state index in [1.165, 1.54) is 0 Å². The summed E-state index contributed by atoms with van der Waals surface area (Å²) >= 11 is 0. The predicted molar refractivity (Wildman–Crippen MR) is 74.2 cm³/mol. The minimum Gasteiger partial charge on any atom is -0.481 e. The van der Waals surface area contributed by atoms with Crippen molar-refractivity contribution in [2.24, 2.45) is 0 Å². The van der Waals surface area contributed by atoms with Gasteiger partial charge in [-0.25, -0.2) is 9.59 Å². The molecule has 0 bridgehead atoms. The minimum absolute atomic E-state index is 0. The number of carbonyl (C=O) groups is 6. The summed E-state index contributed by atoms with van der Waals surface area (Å²) in [5.74, 6) is -10.0. The number of carboxylic acids is 6. The van der Waals surface area contributed by atoms with E-state index in [9.17, 15) is 28.8 Å². The molecule has 0 aromatic heterocycles. The van der Waals surface area contributed by atoms with Gasteiger partial charge in [-0.1, -0.05) is 0 Å². The minimum atomic E-state index is -2.74. The molecule has 2 radical (unpaired) electrons. The zero-order valence-corrected chi connectivity index (χ0v) is 16.9. The Hall–Kier alpha value is -1.75. The standard InChI is InChI=1S/2C6H8O7.2Co.Ni/c2*7-3(8)1-6(13,5(11)12)2-4(9)10;;;/h2*13H,1-2H2,(H,7,8)(H,9,10)(H,11,12);;;. The Morgan fingerprint density at radius 1 is 0.483 bits per heavy atom. The second-order valence-electron chi connectivity index (χ2n) is 4.96. The Balaban J connectivity index is -0.000000120. The molecule has 0 saturated carbocycles. The van der Waals surface area contributed by atoms with Gasteiger partial charge in [0.1, 0.15) is 0 Å². The van der Waals surface area contributed by atoms with Gasteiger partial charge in [-0.3, -0.25) is 19.2 Å². The topological polar surface area (TPSA) is 264 Å². The van der Waals surface area contributed by atoms with E-state index in [0.717, 1.165) is 0 Å². The molecular formula is C12H16Co2NiO14. The van der Waals surface area contributed by atoms with Crippen molar-refractivity contribution in [2.75, 3.05) is 0 Å². The van der Waals surface area contributed by atoms with Crippen LogP contribution in [0.25, 0.3) is 0 Å². The van der Waals surface area contributed by atoms with Crippen molar-refractivity contribution in [3.63, 3.8) is 0 Å². The van der Waals surface area contributed by atoms with Gasteiger partial charge in [0, 0.05) is 50.0 Å². The van der Waals surface area contributed by atoms with Gasteiger partial charge in [0.05, 0.1) is 25.7 Å². The van der Waals surface area contributed by atoms with Crippen molar-refractivity contribution in [1.29, 1.82) is 0 Å². The monoisotopic (exact) mass is 560 g/mol. The third kappa shape index (κ3) is 16.9. The number of aliphatic hydroxyl groups is 2. The van der Waals surface area contributed by atoms with Crippen molar-refractivity contribution in [3.05, 3.63) is 0 Å². The van der Waals surface area contributed by atoms with E-state index in [4.69, 9.17) is 40.9 Å². The van der Waals surface area contributed by atoms with E-state index >= 15 is 0 Å². The summed E-state index contributed by atoms with van der Waals surface area (Å²) in [6.07, 6.45) is -4.58. The van der Waals surface area contributed by atoms with Crippen LogP contribution in [0.4, 0.5) is 0 Å². The molecule has 0 aromatic carbocycles. The fraction of sp³-hybridized carbons (Fsp3) is 0.500. The van der Waals surface area contributed by atoms with E-state index in [2.05, 4.69) is 0 Å². The molecule has 0 aliphatic carbocycles. The van der Waals surface area contributed by atoms with Crippen LogP contribution < -0.4 is 0 Å². The molecule has 0 spiro atoms. The summed E-state index contributed by atoms with van der Waals surface area (Å²) in [6, 6.07) is 0. The van der Waals surface area contributed by atoms with Crippen molar-refractivity contribution in [3.8, 4) is 0 Å². The molecule has 0 rings (SSSR count). The van der Waals surface area contributed by atoms with Gasteiger partial charge in [0.25, 0.3) is 0 Å². The molecule has 0 aliphatic rings. The smallest absolute Gasteiger partial charge is 0.336 e. The first-order valence-electron chi connectivity index (χ1n) is 6.34. The molecule has 8 N–H and O–H groups in total. The van der Waals surface area contributed by atoms with Crippen LogP contribution in [0.5, 0.6) is 0 Å². The summed E-state index contributed by atoms with van der Waals surface area (Å²) in [5, 5.41) is 67.6. The second kappa shape index (κ2) is 16.1. The van der Waals surface area contributed by atoms with Gasteiger partial charge in [-0.15, -0.1) is 0 Å². The maximum absolute atomic E-state index is 10.3. The zero-order valence-electron chi connectivity index (χ0n) is 13.8. The molecule has 0 aromatic rings. The largest absolute Gasteiger partial charge is 0.481 e. The number of rotatable bonds is 10. The average molecular weight is 561 g/mol. The summed E-state index contributed by atoms with van der Waals surface area (Å²) in [5.41, 5.74) is -5.48. The normalized spacial score (nSPS) is 9.72. The molecule has 0 heterocycles. The maximum Gasteiger partial charge on any atom is 0.336 e. The fourth-order valence-corrected chi connectivity index (χ4v) is 1.43. The first-order valence-corrected chi connectivity index (χ1v) is 6.34. The Morgan fingerprint density at radius 3 is 0.690 bits per heavy atom. The van der Waals surface area contributed by atoms with Gasteiger partial charge in [-0.05, 0) is 0 Å². The molecule has 14 nitrogen and oxygen atoms in total. The van der Waals surface area contributed by atoms with Gasteiger partial charge in [0.15, 0.2) is 11.2 Å². The summed E-state index contributed by atoms with van der Waals surface area (Å²) < 4.78 is 0. The van der Waals surface area contributed by atoms with Crippen molar-refractivity contribution in [1.82, 2.24) is 0 Å². The van der Waals surface area contributed by atoms with E-state index in [1.54, 1.807) is 0 Å². The maximum atomic E-state index is 10.3. The van der Waals surface area contributed by atoms with Crippen LogP contribution in [0.3, 0.4) is 0 Å². The Morgan fingerprint density at radius 2 is 0.621 bits per heavy atom. The number of hydrogen-bond acceptors (Lipinski definition) is 8. The van der Waals surface area contributed by atoms with Gasteiger partial charge >= 0.3 is 35.8 Å². The van der Waals surface area contributed by atoms with Crippen molar-refractivity contribution >= 4 is 35.8 Å². The Bertz CT molecular complexity index is 523. The molecule has 29 heavy (non-hydrogen) atoms.